The summed E-state index contributed by atoms with van der Waals surface area (Å²) in [5.74, 6) is -0.687. The lowest BCUT2D eigenvalue weighted by atomic mass is 9.79. The van der Waals surface area contributed by atoms with Gasteiger partial charge in [0.05, 0.1) is 11.6 Å². The molecule has 0 fully saturated rings. The fourth-order valence-electron chi connectivity index (χ4n) is 3.40. The smallest absolute Gasteiger partial charge is 0.212 e. The van der Waals surface area contributed by atoms with E-state index in [0.29, 0.717) is 28.1 Å². The van der Waals surface area contributed by atoms with Crippen LogP contribution in [-0.2, 0) is 5.54 Å². The zero-order valence-electron chi connectivity index (χ0n) is 15.2. The molecule has 146 valence electrons. The highest BCUT2D eigenvalue weighted by Gasteiger charge is 2.45. The molecule has 0 saturated heterocycles. The van der Waals surface area contributed by atoms with Gasteiger partial charge < -0.3 is 5.32 Å². The lowest BCUT2D eigenvalue weighted by Crippen LogP contribution is -2.48. The summed E-state index contributed by atoms with van der Waals surface area (Å²) in [6.07, 6.45) is 5.90. The van der Waals surface area contributed by atoms with Gasteiger partial charge in [-0.1, -0.05) is 12.1 Å². The van der Waals surface area contributed by atoms with Crippen molar-refractivity contribution in [1.29, 1.82) is 5.26 Å². The third-order valence-electron chi connectivity index (χ3n) is 4.77. The van der Waals surface area contributed by atoms with Crippen molar-refractivity contribution in [3.8, 4) is 6.07 Å². The van der Waals surface area contributed by atoms with E-state index in [2.05, 4.69) is 20.3 Å². The van der Waals surface area contributed by atoms with Crippen molar-refractivity contribution in [3.63, 3.8) is 0 Å². The number of rotatable bonds is 3. The molecule has 0 bridgehead atoms. The normalized spacial score (nSPS) is 16.9. The highest BCUT2D eigenvalue weighted by atomic mass is 35.5. The Morgan fingerprint density at radius 2 is 1.62 bits per heavy atom. The van der Waals surface area contributed by atoms with Crippen LogP contribution in [0.3, 0.4) is 0 Å². The molecular weight excluding hydrogens is 398 g/mol. The van der Waals surface area contributed by atoms with Crippen molar-refractivity contribution in [3.05, 3.63) is 89.3 Å². The number of hydrogen-bond donors (Lipinski definition) is 1. The zero-order chi connectivity index (χ0) is 19.7. The van der Waals surface area contributed by atoms with Gasteiger partial charge in [-0.2, -0.15) is 14.0 Å². The Kier molecular flexibility index (Phi) is 5.52. The Morgan fingerprint density at radius 3 is 2.14 bits per heavy atom. The number of pyridine rings is 3. The first-order valence-corrected chi connectivity index (χ1v) is 8.48. The molecule has 9 heteroatoms. The Labute approximate surface area is 171 Å². The molecule has 0 unspecified atom stereocenters. The van der Waals surface area contributed by atoms with Crippen LogP contribution in [0.2, 0.25) is 0 Å². The molecule has 3 aromatic heterocycles. The van der Waals surface area contributed by atoms with E-state index in [1.54, 1.807) is 24.4 Å². The molecule has 0 aliphatic carbocycles. The monoisotopic (exact) mass is 412 g/mol. The molecule has 29 heavy (non-hydrogen) atoms. The summed E-state index contributed by atoms with van der Waals surface area (Å²) in [4.78, 5) is 16.3. The molecule has 0 amide bonds. The number of amidine groups is 1. The maximum absolute atomic E-state index is 13.4. The fraction of sp³-hybridized carbons (Fsp3) is 0.150. The van der Waals surface area contributed by atoms with Gasteiger partial charge in [0.2, 0.25) is 11.9 Å². The van der Waals surface area contributed by atoms with Gasteiger partial charge in [-0.15, -0.1) is 12.4 Å². The summed E-state index contributed by atoms with van der Waals surface area (Å²) in [6.45, 7) is 1.88. The summed E-state index contributed by atoms with van der Waals surface area (Å²) < 4.78 is 26.8. The van der Waals surface area contributed by atoms with Gasteiger partial charge >= 0.3 is 0 Å². The van der Waals surface area contributed by atoms with Gasteiger partial charge in [-0.25, -0.2) is 9.97 Å². The largest absolute Gasteiger partial charge is 0.354 e. The first kappa shape index (κ1) is 20.3. The Hall–Kier alpha value is -3.44. The molecule has 0 radical (unpaired) electrons. The topological polar surface area (TPSA) is 86.9 Å². The molecule has 0 aromatic carbocycles. The zero-order valence-corrected chi connectivity index (χ0v) is 16.0. The average Bonchev–Trinajstić information content (AvgIpc) is 3.07. The molecule has 1 N–H and O–H groups in total. The van der Waals surface area contributed by atoms with E-state index in [0.717, 1.165) is 0 Å². The van der Waals surface area contributed by atoms with E-state index >= 15 is 0 Å². The summed E-state index contributed by atoms with van der Waals surface area (Å²) >= 11 is 0. The number of nitrogens with zero attached hydrogens (tertiary/aromatic N) is 5. The third-order valence-corrected chi connectivity index (χ3v) is 4.77. The van der Waals surface area contributed by atoms with E-state index in [1.165, 1.54) is 30.7 Å². The van der Waals surface area contributed by atoms with Crippen LogP contribution < -0.4 is 5.32 Å². The predicted molar refractivity (Wildman–Crippen MR) is 105 cm³/mol. The van der Waals surface area contributed by atoms with Gasteiger partial charge in [0.25, 0.3) is 0 Å². The second-order valence-corrected chi connectivity index (χ2v) is 6.40. The first-order valence-electron chi connectivity index (χ1n) is 8.48. The SMILES string of the molecule is C[C@@H]1N=C(c2cncc(C#N)c2)NC1(c1ccc(F)nc1)c1ccc(F)nc1.Cl. The van der Waals surface area contributed by atoms with Crippen molar-refractivity contribution in [2.45, 2.75) is 18.5 Å². The van der Waals surface area contributed by atoms with Gasteiger partial charge in [0.15, 0.2) is 0 Å². The molecule has 4 rings (SSSR count). The van der Waals surface area contributed by atoms with Crippen molar-refractivity contribution < 1.29 is 8.78 Å². The van der Waals surface area contributed by atoms with E-state index in [1.807, 2.05) is 13.0 Å². The van der Waals surface area contributed by atoms with E-state index in [-0.39, 0.29) is 18.4 Å². The predicted octanol–water partition coefficient (Wildman–Crippen LogP) is 3.13. The second-order valence-electron chi connectivity index (χ2n) is 6.40. The number of nitriles is 1. The van der Waals surface area contributed by atoms with Crippen molar-refractivity contribution in [2.75, 3.05) is 0 Å². The minimum absolute atomic E-state index is 0. The molecular formula is C20H15ClF2N6. The lowest BCUT2D eigenvalue weighted by Gasteiger charge is -2.34. The van der Waals surface area contributed by atoms with Gasteiger partial charge in [-0.05, 0) is 25.1 Å². The van der Waals surface area contributed by atoms with Crippen LogP contribution in [0.25, 0.3) is 0 Å². The van der Waals surface area contributed by atoms with Crippen molar-refractivity contribution in [2.24, 2.45) is 4.99 Å². The van der Waals surface area contributed by atoms with E-state index in [4.69, 9.17) is 10.3 Å². The number of aromatic nitrogens is 3. The Morgan fingerprint density at radius 1 is 1.00 bits per heavy atom. The van der Waals surface area contributed by atoms with E-state index in [9.17, 15) is 8.78 Å². The minimum Gasteiger partial charge on any atom is -0.354 e. The Balaban J connectivity index is 0.00000240. The van der Waals surface area contributed by atoms with Crippen molar-refractivity contribution >= 4 is 18.2 Å². The van der Waals surface area contributed by atoms with Gasteiger partial charge in [-0.3, -0.25) is 9.98 Å². The van der Waals surface area contributed by atoms with E-state index < -0.39 is 17.4 Å². The molecule has 3 aromatic rings. The molecule has 0 saturated carbocycles. The maximum Gasteiger partial charge on any atom is 0.212 e. The summed E-state index contributed by atoms with van der Waals surface area (Å²) in [6, 6.07) is 9.11. The van der Waals surface area contributed by atoms with Crippen LogP contribution in [0.15, 0.2) is 60.1 Å². The highest BCUT2D eigenvalue weighted by molar-refractivity contribution is 6.01. The summed E-state index contributed by atoms with van der Waals surface area (Å²) in [5, 5.41) is 12.5. The van der Waals surface area contributed by atoms with Crippen LogP contribution in [-0.4, -0.2) is 26.8 Å². The lowest BCUT2D eigenvalue weighted by molar-refractivity contribution is 0.428. The molecule has 1 atom stereocenters. The molecule has 1 aliphatic heterocycles. The van der Waals surface area contributed by atoms with Gasteiger partial charge in [0.1, 0.15) is 17.4 Å². The number of aliphatic imine (C=N–C) groups is 1. The third kappa shape index (κ3) is 3.52. The average molecular weight is 413 g/mol. The number of hydrogen-bond acceptors (Lipinski definition) is 6. The molecule has 0 spiro atoms. The van der Waals surface area contributed by atoms with Crippen LogP contribution in [0.4, 0.5) is 8.78 Å². The number of nitrogens with one attached hydrogen (secondary N) is 1. The molecule has 1 aliphatic rings. The fourth-order valence-corrected chi connectivity index (χ4v) is 3.40. The second kappa shape index (κ2) is 7.89. The highest BCUT2D eigenvalue weighted by Crippen LogP contribution is 2.38. The van der Waals surface area contributed by atoms with Crippen LogP contribution in [0.5, 0.6) is 0 Å². The minimum atomic E-state index is -0.931. The van der Waals surface area contributed by atoms with Gasteiger partial charge in [0, 0.05) is 41.5 Å². The Bertz CT molecular complexity index is 1050. The van der Waals surface area contributed by atoms with Crippen LogP contribution >= 0.6 is 12.4 Å². The summed E-state index contributed by atoms with van der Waals surface area (Å²) in [5.41, 5.74) is 1.41. The standard InChI is InChI=1S/C20H14F2N6.ClH/c1-12-20(15-2-4-17(21)25-10-15,16-3-5-18(22)26-11-16)28-19(27-12)14-6-13(7-23)8-24-9-14;/h2-6,8-12H,1H3,(H,27,28);1H/t12-;/m0./s1. The van der Waals surface area contributed by atoms with Crippen molar-refractivity contribution in [1.82, 2.24) is 20.3 Å². The quantitative estimate of drug-likeness (QED) is 0.668. The molecule has 4 heterocycles. The number of halogens is 3. The van der Waals surface area contributed by atoms with Crippen LogP contribution in [0, 0.1) is 23.2 Å². The maximum atomic E-state index is 13.4. The first-order chi connectivity index (χ1) is 13.5. The molecule has 6 nitrogen and oxygen atoms in total. The summed E-state index contributed by atoms with van der Waals surface area (Å²) in [7, 11) is 0. The van der Waals surface area contributed by atoms with Crippen LogP contribution in [0.1, 0.15) is 29.2 Å².